The van der Waals surface area contributed by atoms with Gasteiger partial charge in [-0.25, -0.2) is 4.79 Å². The number of amides is 1. The van der Waals surface area contributed by atoms with Crippen molar-refractivity contribution in [3.05, 3.63) is 90.0 Å². The molecule has 0 aromatic heterocycles. The molecule has 0 fully saturated rings. The molecule has 1 atom stereocenters. The minimum atomic E-state index is -1.14. The number of hydrogen-bond acceptors (Lipinski definition) is 5. The van der Waals surface area contributed by atoms with E-state index in [4.69, 9.17) is 14.2 Å². The smallest absolute Gasteiger partial charge is 0.343 e. The number of ether oxygens (including phenoxy) is 3. The Kier molecular flexibility index (Phi) is 6.47. The number of para-hydroxylation sites is 1. The van der Waals surface area contributed by atoms with E-state index in [0.717, 1.165) is 0 Å². The van der Waals surface area contributed by atoms with Crippen LogP contribution < -0.4 is 14.8 Å². The van der Waals surface area contributed by atoms with Crippen LogP contribution in [0.2, 0.25) is 0 Å². The van der Waals surface area contributed by atoms with Crippen LogP contribution in [0.3, 0.4) is 0 Å². The molecule has 0 bridgehead atoms. The molecule has 6 nitrogen and oxygen atoms in total. The highest BCUT2D eigenvalue weighted by Gasteiger charge is 2.27. The van der Waals surface area contributed by atoms with Crippen LogP contribution in [0, 0.1) is 0 Å². The Labute approximate surface area is 169 Å². The molecule has 0 radical (unpaired) electrons. The second-order valence-corrected chi connectivity index (χ2v) is 6.12. The summed E-state index contributed by atoms with van der Waals surface area (Å²) >= 11 is 0. The first kappa shape index (κ1) is 19.9. The highest BCUT2D eigenvalue weighted by Crippen LogP contribution is 2.25. The van der Waals surface area contributed by atoms with E-state index in [0.29, 0.717) is 22.7 Å². The Balaban J connectivity index is 1.86. The third kappa shape index (κ3) is 4.93. The Morgan fingerprint density at radius 3 is 2.28 bits per heavy atom. The first-order valence-electron chi connectivity index (χ1n) is 8.96. The number of methoxy groups -OCH3 is 2. The summed E-state index contributed by atoms with van der Waals surface area (Å²) in [6.07, 6.45) is -1.14. The molecule has 3 aromatic carbocycles. The van der Waals surface area contributed by atoms with Gasteiger partial charge in [-0.2, -0.15) is 0 Å². The lowest BCUT2D eigenvalue weighted by Crippen LogP contribution is -2.26. The highest BCUT2D eigenvalue weighted by atomic mass is 16.6. The number of hydrogen-bond donors (Lipinski definition) is 1. The standard InChI is InChI=1S/C23H21NO5/c1-27-18-12-8-11-17(15-18)24-22(25)21(16-9-4-3-5-10-16)29-23(26)19-13-6-7-14-20(19)28-2/h3-15,21H,1-2H3,(H,24,25)/t21-/m1/s1. The van der Waals surface area contributed by atoms with E-state index in [9.17, 15) is 9.59 Å². The van der Waals surface area contributed by atoms with E-state index < -0.39 is 18.0 Å². The third-order valence-corrected chi connectivity index (χ3v) is 4.23. The third-order valence-electron chi connectivity index (χ3n) is 4.23. The Hall–Kier alpha value is -3.80. The molecule has 0 unspecified atom stereocenters. The summed E-state index contributed by atoms with van der Waals surface area (Å²) in [7, 11) is 3.01. The molecule has 0 aliphatic carbocycles. The molecule has 29 heavy (non-hydrogen) atoms. The van der Waals surface area contributed by atoms with Gasteiger partial charge in [-0.3, -0.25) is 4.79 Å². The van der Waals surface area contributed by atoms with Crippen molar-refractivity contribution in [3.63, 3.8) is 0 Å². The zero-order chi connectivity index (χ0) is 20.6. The van der Waals surface area contributed by atoms with Crippen molar-refractivity contribution >= 4 is 17.6 Å². The van der Waals surface area contributed by atoms with Gasteiger partial charge in [0, 0.05) is 17.3 Å². The molecule has 148 valence electrons. The van der Waals surface area contributed by atoms with Crippen LogP contribution in [0.5, 0.6) is 11.5 Å². The van der Waals surface area contributed by atoms with E-state index in [1.807, 2.05) is 6.07 Å². The van der Waals surface area contributed by atoms with Gasteiger partial charge in [0.25, 0.3) is 5.91 Å². The molecule has 6 heteroatoms. The van der Waals surface area contributed by atoms with Crippen molar-refractivity contribution in [2.75, 3.05) is 19.5 Å². The van der Waals surface area contributed by atoms with Crippen LogP contribution in [0.1, 0.15) is 22.0 Å². The number of benzene rings is 3. The normalized spacial score (nSPS) is 11.2. The maximum atomic E-state index is 13.0. The summed E-state index contributed by atoms with van der Waals surface area (Å²) in [5.41, 5.74) is 1.32. The molecule has 0 saturated heterocycles. The van der Waals surface area contributed by atoms with Crippen molar-refractivity contribution in [2.24, 2.45) is 0 Å². The molecular weight excluding hydrogens is 370 g/mol. The fourth-order valence-electron chi connectivity index (χ4n) is 2.79. The summed E-state index contributed by atoms with van der Waals surface area (Å²) in [5.74, 6) is -0.160. The van der Waals surface area contributed by atoms with E-state index >= 15 is 0 Å². The predicted molar refractivity (Wildman–Crippen MR) is 109 cm³/mol. The van der Waals surface area contributed by atoms with Crippen LogP contribution in [0.15, 0.2) is 78.9 Å². The molecule has 0 spiro atoms. The average Bonchev–Trinajstić information content (AvgIpc) is 2.77. The van der Waals surface area contributed by atoms with Crippen molar-refractivity contribution in [3.8, 4) is 11.5 Å². The van der Waals surface area contributed by atoms with Crippen molar-refractivity contribution < 1.29 is 23.8 Å². The minimum Gasteiger partial charge on any atom is -0.497 e. The van der Waals surface area contributed by atoms with E-state index in [1.165, 1.54) is 7.11 Å². The Bertz CT molecular complexity index is 987. The zero-order valence-electron chi connectivity index (χ0n) is 16.1. The lowest BCUT2D eigenvalue weighted by Gasteiger charge is -2.19. The summed E-state index contributed by atoms with van der Waals surface area (Å²) in [6, 6.07) is 22.5. The predicted octanol–water partition coefficient (Wildman–Crippen LogP) is 4.24. The van der Waals surface area contributed by atoms with Crippen LogP contribution in [0.4, 0.5) is 5.69 Å². The quantitative estimate of drug-likeness (QED) is 0.610. The van der Waals surface area contributed by atoms with Crippen LogP contribution >= 0.6 is 0 Å². The second kappa shape index (κ2) is 9.41. The van der Waals surface area contributed by atoms with Gasteiger partial charge in [0.2, 0.25) is 6.10 Å². The highest BCUT2D eigenvalue weighted by molar-refractivity contribution is 5.99. The minimum absolute atomic E-state index is 0.241. The molecule has 1 N–H and O–H groups in total. The number of rotatable bonds is 7. The molecule has 0 heterocycles. The fourth-order valence-corrected chi connectivity index (χ4v) is 2.79. The first-order valence-corrected chi connectivity index (χ1v) is 8.96. The summed E-state index contributed by atoms with van der Waals surface area (Å²) in [4.78, 5) is 25.7. The van der Waals surface area contributed by atoms with Gasteiger partial charge in [-0.05, 0) is 24.3 Å². The molecule has 0 aliphatic rings. The van der Waals surface area contributed by atoms with E-state index in [2.05, 4.69) is 5.32 Å². The van der Waals surface area contributed by atoms with Crippen molar-refractivity contribution in [2.45, 2.75) is 6.10 Å². The van der Waals surface area contributed by atoms with Gasteiger partial charge < -0.3 is 19.5 Å². The van der Waals surface area contributed by atoms with E-state index in [-0.39, 0.29) is 5.56 Å². The van der Waals surface area contributed by atoms with Gasteiger partial charge in [-0.1, -0.05) is 48.5 Å². The Morgan fingerprint density at radius 1 is 0.828 bits per heavy atom. The molecule has 0 saturated carbocycles. The maximum absolute atomic E-state index is 13.0. The van der Waals surface area contributed by atoms with E-state index in [1.54, 1.807) is 79.9 Å². The second-order valence-electron chi connectivity index (χ2n) is 6.12. The monoisotopic (exact) mass is 391 g/mol. The van der Waals surface area contributed by atoms with Crippen molar-refractivity contribution in [1.29, 1.82) is 0 Å². The largest absolute Gasteiger partial charge is 0.497 e. The summed E-state index contributed by atoms with van der Waals surface area (Å²) in [5, 5.41) is 2.77. The van der Waals surface area contributed by atoms with Crippen molar-refractivity contribution in [1.82, 2.24) is 0 Å². The van der Waals surface area contributed by atoms with Gasteiger partial charge in [0.05, 0.1) is 14.2 Å². The maximum Gasteiger partial charge on any atom is 0.343 e. The number of anilines is 1. The number of carbonyl (C=O) groups is 2. The fraction of sp³-hybridized carbons (Fsp3) is 0.130. The molecular formula is C23H21NO5. The Morgan fingerprint density at radius 2 is 1.55 bits per heavy atom. The van der Waals surface area contributed by atoms with Crippen LogP contribution in [-0.4, -0.2) is 26.1 Å². The lowest BCUT2D eigenvalue weighted by atomic mass is 10.1. The molecule has 1 amide bonds. The SMILES string of the molecule is COc1cccc(NC(=O)[C@H](OC(=O)c2ccccc2OC)c2ccccc2)c1. The lowest BCUT2D eigenvalue weighted by molar-refractivity contribution is -0.125. The number of carbonyl (C=O) groups excluding carboxylic acids is 2. The molecule has 3 aromatic rings. The number of esters is 1. The average molecular weight is 391 g/mol. The van der Waals surface area contributed by atoms with Crippen LogP contribution in [0.25, 0.3) is 0 Å². The number of nitrogens with one attached hydrogen (secondary N) is 1. The summed E-state index contributed by atoms with van der Waals surface area (Å²) < 4.78 is 16.0. The molecule has 3 rings (SSSR count). The van der Waals surface area contributed by atoms with Gasteiger partial charge in [-0.15, -0.1) is 0 Å². The zero-order valence-corrected chi connectivity index (χ0v) is 16.1. The van der Waals surface area contributed by atoms with Crippen LogP contribution in [-0.2, 0) is 9.53 Å². The first-order chi connectivity index (χ1) is 14.1. The van der Waals surface area contributed by atoms with Gasteiger partial charge in [0.1, 0.15) is 17.1 Å². The van der Waals surface area contributed by atoms with Gasteiger partial charge in [0.15, 0.2) is 0 Å². The van der Waals surface area contributed by atoms with Gasteiger partial charge >= 0.3 is 5.97 Å². The topological polar surface area (TPSA) is 73.9 Å². The molecule has 0 aliphatic heterocycles. The summed E-state index contributed by atoms with van der Waals surface area (Å²) in [6.45, 7) is 0.